The lowest BCUT2D eigenvalue weighted by molar-refractivity contribution is 0.235. The summed E-state index contributed by atoms with van der Waals surface area (Å²) in [6, 6.07) is 13.3. The van der Waals surface area contributed by atoms with Gasteiger partial charge in [-0.05, 0) is 29.3 Å². The van der Waals surface area contributed by atoms with Crippen LogP contribution in [0, 0.1) is 5.82 Å². The number of para-hydroxylation sites is 1. The summed E-state index contributed by atoms with van der Waals surface area (Å²) in [6.07, 6.45) is 0.972. The van der Waals surface area contributed by atoms with Crippen LogP contribution in [-0.2, 0) is 13.0 Å². The van der Waals surface area contributed by atoms with Crippen LogP contribution in [0.4, 0.5) is 10.1 Å². The van der Waals surface area contributed by atoms with E-state index in [1.807, 2.05) is 38.4 Å². The van der Waals surface area contributed by atoms with E-state index in [9.17, 15) is 4.39 Å². The number of benzene rings is 2. The van der Waals surface area contributed by atoms with E-state index >= 15 is 0 Å². The number of nitrogens with one attached hydrogen (secondary N) is 2. The van der Waals surface area contributed by atoms with Gasteiger partial charge in [-0.1, -0.05) is 24.3 Å². The van der Waals surface area contributed by atoms with Gasteiger partial charge in [0.05, 0.1) is 12.2 Å². The minimum atomic E-state index is -0.227. The monoisotopic (exact) mass is 356 g/mol. The summed E-state index contributed by atoms with van der Waals surface area (Å²) < 4.78 is 20.0. The van der Waals surface area contributed by atoms with Gasteiger partial charge < -0.3 is 20.3 Å². The van der Waals surface area contributed by atoms with E-state index in [1.54, 1.807) is 24.1 Å². The lowest BCUT2D eigenvalue weighted by Crippen LogP contribution is -2.41. The fourth-order valence-corrected chi connectivity index (χ4v) is 3.01. The zero-order valence-electron chi connectivity index (χ0n) is 15.4. The van der Waals surface area contributed by atoms with E-state index in [0.717, 1.165) is 17.7 Å². The highest BCUT2D eigenvalue weighted by Gasteiger charge is 2.22. The van der Waals surface area contributed by atoms with Crippen molar-refractivity contribution in [2.45, 2.75) is 19.1 Å². The molecule has 6 heteroatoms. The van der Waals surface area contributed by atoms with E-state index in [0.29, 0.717) is 24.7 Å². The SMILES string of the molecule is CN=C(NCc1ccc(N(C)C)c(F)c1)NCC1Cc2ccccc2O1. The van der Waals surface area contributed by atoms with Crippen molar-refractivity contribution in [2.75, 3.05) is 32.6 Å². The normalized spacial score (nSPS) is 16.0. The Morgan fingerprint density at radius 3 is 2.73 bits per heavy atom. The predicted molar refractivity (Wildman–Crippen MR) is 103 cm³/mol. The number of hydrogen-bond acceptors (Lipinski definition) is 3. The van der Waals surface area contributed by atoms with Crippen LogP contribution in [0.3, 0.4) is 0 Å². The topological polar surface area (TPSA) is 48.9 Å². The highest BCUT2D eigenvalue weighted by molar-refractivity contribution is 5.79. The van der Waals surface area contributed by atoms with Crippen LogP contribution >= 0.6 is 0 Å². The number of halogens is 1. The lowest BCUT2D eigenvalue weighted by atomic mass is 10.1. The molecule has 3 rings (SSSR count). The smallest absolute Gasteiger partial charge is 0.191 e. The molecule has 5 nitrogen and oxygen atoms in total. The minimum Gasteiger partial charge on any atom is -0.488 e. The van der Waals surface area contributed by atoms with Crippen LogP contribution in [0.15, 0.2) is 47.5 Å². The molecule has 1 aliphatic heterocycles. The predicted octanol–water partition coefficient (Wildman–Crippen LogP) is 2.56. The summed E-state index contributed by atoms with van der Waals surface area (Å²) in [6.45, 7) is 1.15. The average Bonchev–Trinajstić information content (AvgIpc) is 3.04. The maximum atomic E-state index is 14.1. The molecule has 0 saturated carbocycles. The standard InChI is InChI=1S/C20H25FN4O/c1-22-20(23-12-14-8-9-18(25(2)3)17(21)10-14)24-13-16-11-15-6-4-5-7-19(15)26-16/h4-10,16H,11-13H2,1-3H3,(H2,22,23,24). The van der Waals surface area contributed by atoms with E-state index in [1.165, 1.54) is 5.56 Å². The third kappa shape index (κ3) is 4.25. The van der Waals surface area contributed by atoms with Crippen molar-refractivity contribution in [3.63, 3.8) is 0 Å². The number of hydrogen-bond donors (Lipinski definition) is 2. The Morgan fingerprint density at radius 1 is 1.23 bits per heavy atom. The number of nitrogens with zero attached hydrogens (tertiary/aromatic N) is 2. The zero-order valence-corrected chi connectivity index (χ0v) is 15.4. The Labute approximate surface area is 153 Å². The summed E-state index contributed by atoms with van der Waals surface area (Å²) in [5, 5.41) is 6.48. The second kappa shape index (κ2) is 8.08. The fourth-order valence-electron chi connectivity index (χ4n) is 3.01. The van der Waals surface area contributed by atoms with E-state index < -0.39 is 0 Å². The molecular weight excluding hydrogens is 331 g/mol. The van der Waals surface area contributed by atoms with Crippen molar-refractivity contribution < 1.29 is 9.13 Å². The van der Waals surface area contributed by atoms with Gasteiger partial charge in [-0.25, -0.2) is 4.39 Å². The molecule has 1 unspecified atom stereocenters. The van der Waals surface area contributed by atoms with E-state index in [-0.39, 0.29) is 11.9 Å². The zero-order chi connectivity index (χ0) is 18.5. The van der Waals surface area contributed by atoms with Gasteiger partial charge in [0.2, 0.25) is 0 Å². The minimum absolute atomic E-state index is 0.0859. The molecular formula is C20H25FN4O. The first kappa shape index (κ1) is 18.0. The van der Waals surface area contributed by atoms with Gasteiger partial charge in [0.1, 0.15) is 17.7 Å². The summed E-state index contributed by atoms with van der Waals surface area (Å²) in [5.74, 6) is 1.40. The average molecular weight is 356 g/mol. The molecule has 2 aromatic rings. The first-order valence-electron chi connectivity index (χ1n) is 8.71. The second-order valence-corrected chi connectivity index (χ2v) is 6.54. The van der Waals surface area contributed by atoms with Gasteiger partial charge >= 0.3 is 0 Å². The molecule has 1 heterocycles. The van der Waals surface area contributed by atoms with Gasteiger partial charge in [0.15, 0.2) is 5.96 Å². The number of fused-ring (bicyclic) bond motifs is 1. The van der Waals surface area contributed by atoms with E-state index in [2.05, 4.69) is 21.7 Å². The van der Waals surface area contributed by atoms with Gasteiger partial charge in [-0.3, -0.25) is 4.99 Å². The lowest BCUT2D eigenvalue weighted by Gasteiger charge is -2.17. The van der Waals surface area contributed by atoms with Crippen molar-refractivity contribution in [3.05, 3.63) is 59.4 Å². The number of rotatable bonds is 5. The highest BCUT2D eigenvalue weighted by Crippen LogP contribution is 2.27. The molecule has 0 bridgehead atoms. The largest absolute Gasteiger partial charge is 0.488 e. The van der Waals surface area contributed by atoms with E-state index in [4.69, 9.17) is 4.74 Å². The third-order valence-electron chi connectivity index (χ3n) is 4.39. The molecule has 0 radical (unpaired) electrons. The van der Waals surface area contributed by atoms with Gasteiger partial charge in [-0.2, -0.15) is 0 Å². The highest BCUT2D eigenvalue weighted by atomic mass is 19.1. The Kier molecular flexibility index (Phi) is 5.61. The van der Waals surface area contributed by atoms with Crippen LogP contribution < -0.4 is 20.3 Å². The number of ether oxygens (including phenoxy) is 1. The second-order valence-electron chi connectivity index (χ2n) is 6.54. The number of aliphatic imine (C=N–C) groups is 1. The molecule has 1 atom stereocenters. The van der Waals surface area contributed by atoms with Crippen molar-refractivity contribution in [1.29, 1.82) is 0 Å². The Morgan fingerprint density at radius 2 is 2.04 bits per heavy atom. The van der Waals surface area contributed by atoms with Crippen LogP contribution in [0.2, 0.25) is 0 Å². The Bertz CT molecular complexity index is 766. The van der Waals surface area contributed by atoms with Gasteiger partial charge in [0, 0.05) is 34.1 Å². The van der Waals surface area contributed by atoms with Crippen molar-refractivity contribution >= 4 is 11.6 Å². The first-order chi connectivity index (χ1) is 12.6. The molecule has 1 aliphatic rings. The Hall–Kier alpha value is -2.76. The summed E-state index contributed by atoms with van der Waals surface area (Å²) >= 11 is 0. The van der Waals surface area contributed by atoms with Crippen molar-refractivity contribution in [1.82, 2.24) is 10.6 Å². The maximum Gasteiger partial charge on any atom is 0.191 e. The van der Waals surface area contributed by atoms with Crippen molar-refractivity contribution in [3.8, 4) is 5.75 Å². The molecule has 0 fully saturated rings. The molecule has 0 aliphatic carbocycles. The quantitative estimate of drug-likeness (QED) is 0.639. The molecule has 0 saturated heterocycles. The fraction of sp³-hybridized carbons (Fsp3) is 0.350. The molecule has 0 spiro atoms. The summed E-state index contributed by atoms with van der Waals surface area (Å²) in [4.78, 5) is 5.97. The van der Waals surface area contributed by atoms with Crippen LogP contribution in [0.5, 0.6) is 5.75 Å². The van der Waals surface area contributed by atoms with Crippen LogP contribution in [0.25, 0.3) is 0 Å². The van der Waals surface area contributed by atoms with Crippen LogP contribution in [0.1, 0.15) is 11.1 Å². The summed E-state index contributed by atoms with van der Waals surface area (Å²) in [7, 11) is 5.37. The number of guanidine groups is 1. The van der Waals surface area contributed by atoms with Gasteiger partial charge in [0.25, 0.3) is 0 Å². The van der Waals surface area contributed by atoms with Gasteiger partial charge in [-0.15, -0.1) is 0 Å². The maximum absolute atomic E-state index is 14.1. The van der Waals surface area contributed by atoms with Crippen LogP contribution in [-0.4, -0.2) is 39.8 Å². The molecule has 0 aromatic heterocycles. The Balaban J connectivity index is 1.49. The van der Waals surface area contributed by atoms with Crippen molar-refractivity contribution in [2.24, 2.45) is 4.99 Å². The summed E-state index contributed by atoms with van der Waals surface area (Å²) in [5.41, 5.74) is 2.67. The molecule has 2 N–H and O–H groups in total. The molecule has 2 aromatic carbocycles. The number of anilines is 1. The molecule has 0 amide bonds. The molecule has 26 heavy (non-hydrogen) atoms. The third-order valence-corrected chi connectivity index (χ3v) is 4.39. The molecule has 138 valence electrons. The first-order valence-corrected chi connectivity index (χ1v) is 8.71.